The third-order valence-electron chi connectivity index (χ3n) is 3.44. The van der Waals surface area contributed by atoms with E-state index in [1.54, 1.807) is 31.6 Å². The minimum atomic E-state index is -0.642. The van der Waals surface area contributed by atoms with E-state index in [2.05, 4.69) is 22.7 Å². The Balaban J connectivity index is 0.00000151. The molecule has 0 aliphatic carbocycles. The van der Waals surface area contributed by atoms with E-state index >= 15 is 0 Å². The summed E-state index contributed by atoms with van der Waals surface area (Å²) in [7, 11) is 1.64. The van der Waals surface area contributed by atoms with E-state index < -0.39 is 6.10 Å². The van der Waals surface area contributed by atoms with Crippen LogP contribution in [-0.4, -0.2) is 36.4 Å². The number of thiol groups is 1. The fraction of sp³-hybridized carbons (Fsp3) is 0.333. The Bertz CT molecular complexity index is 624. The smallest absolute Gasteiger partial charge is 0.139 e. The molecular formula is C18H26N2O3S2. The van der Waals surface area contributed by atoms with Crippen LogP contribution in [0.2, 0.25) is 0 Å². The van der Waals surface area contributed by atoms with Crippen molar-refractivity contribution in [3.05, 3.63) is 53.6 Å². The number of ether oxygens (including phenoxy) is 1. The third kappa shape index (κ3) is 7.07. The summed E-state index contributed by atoms with van der Waals surface area (Å²) in [4.78, 5) is 0. The SMILES string of the molecule is COc1ccc(CNCC(O)c2ccc(O)c(NSC)c2)cc1.CS. The molecule has 0 aromatic heterocycles. The lowest BCUT2D eigenvalue weighted by molar-refractivity contribution is 0.174. The van der Waals surface area contributed by atoms with Crippen LogP contribution in [0.25, 0.3) is 0 Å². The molecule has 0 saturated heterocycles. The fourth-order valence-corrected chi connectivity index (χ4v) is 2.55. The van der Waals surface area contributed by atoms with Gasteiger partial charge in [0.25, 0.3) is 0 Å². The van der Waals surface area contributed by atoms with Crippen LogP contribution in [0.4, 0.5) is 5.69 Å². The lowest BCUT2D eigenvalue weighted by Crippen LogP contribution is -2.21. The van der Waals surface area contributed by atoms with E-state index in [1.165, 1.54) is 11.9 Å². The molecule has 138 valence electrons. The molecule has 0 spiro atoms. The molecule has 25 heavy (non-hydrogen) atoms. The first-order chi connectivity index (χ1) is 12.1. The highest BCUT2D eigenvalue weighted by atomic mass is 32.2. The summed E-state index contributed by atoms with van der Waals surface area (Å²) in [5.41, 5.74) is 2.47. The first kappa shape index (κ1) is 21.5. The van der Waals surface area contributed by atoms with Gasteiger partial charge in [-0.05, 0) is 41.6 Å². The van der Waals surface area contributed by atoms with E-state index in [-0.39, 0.29) is 5.75 Å². The molecule has 0 bridgehead atoms. The van der Waals surface area contributed by atoms with Gasteiger partial charge in [-0.1, -0.05) is 30.1 Å². The summed E-state index contributed by atoms with van der Waals surface area (Å²) in [5, 5.41) is 23.2. The number of aliphatic hydroxyl groups excluding tert-OH is 1. The van der Waals surface area contributed by atoms with Crippen LogP contribution in [0.1, 0.15) is 17.2 Å². The Kier molecular flexibility index (Phi) is 10.3. The van der Waals surface area contributed by atoms with E-state index in [0.29, 0.717) is 18.8 Å². The number of rotatable bonds is 8. The minimum absolute atomic E-state index is 0.168. The summed E-state index contributed by atoms with van der Waals surface area (Å²) < 4.78 is 8.11. The van der Waals surface area contributed by atoms with Gasteiger partial charge >= 0.3 is 0 Å². The number of anilines is 1. The highest BCUT2D eigenvalue weighted by molar-refractivity contribution is 7.99. The topological polar surface area (TPSA) is 73.8 Å². The standard InChI is InChI=1S/C17H22N2O3S.CH4S/c1-22-14-6-3-12(4-7-14)10-18-11-17(21)13-5-8-16(20)15(9-13)19-23-2;1-2/h3-9,17-21H,10-11H2,1-2H3;2H,1H3. The Morgan fingerprint density at radius 1 is 1.16 bits per heavy atom. The number of hydrogen-bond donors (Lipinski definition) is 5. The fourth-order valence-electron chi connectivity index (χ4n) is 2.17. The van der Waals surface area contributed by atoms with Crippen molar-refractivity contribution in [3.8, 4) is 11.5 Å². The zero-order chi connectivity index (χ0) is 18.7. The van der Waals surface area contributed by atoms with Gasteiger partial charge < -0.3 is 25.0 Å². The van der Waals surface area contributed by atoms with Crippen molar-refractivity contribution in [3.63, 3.8) is 0 Å². The number of methoxy groups -OCH3 is 1. The second-order valence-corrected chi connectivity index (χ2v) is 5.69. The molecule has 2 aromatic rings. The Morgan fingerprint density at radius 3 is 2.44 bits per heavy atom. The van der Waals surface area contributed by atoms with Crippen LogP contribution in [-0.2, 0) is 6.54 Å². The van der Waals surface area contributed by atoms with Crippen molar-refractivity contribution < 1.29 is 14.9 Å². The first-order valence-corrected chi connectivity index (χ1v) is 9.84. The van der Waals surface area contributed by atoms with Crippen molar-refractivity contribution in [1.82, 2.24) is 5.32 Å². The lowest BCUT2D eigenvalue weighted by atomic mass is 10.1. The van der Waals surface area contributed by atoms with Gasteiger partial charge in [0.2, 0.25) is 0 Å². The summed E-state index contributed by atoms with van der Waals surface area (Å²) in [6.07, 6.45) is 2.93. The highest BCUT2D eigenvalue weighted by Gasteiger charge is 2.10. The van der Waals surface area contributed by atoms with Gasteiger partial charge in [0.05, 0.1) is 18.9 Å². The molecule has 7 heteroatoms. The summed E-state index contributed by atoms with van der Waals surface area (Å²) in [5.74, 6) is 0.994. The van der Waals surface area contributed by atoms with Gasteiger partial charge in [-0.2, -0.15) is 12.6 Å². The van der Waals surface area contributed by atoms with Gasteiger partial charge in [-0.25, -0.2) is 0 Å². The third-order valence-corrected chi connectivity index (χ3v) is 3.87. The molecule has 0 aliphatic rings. The van der Waals surface area contributed by atoms with E-state index in [0.717, 1.165) is 16.9 Å². The van der Waals surface area contributed by atoms with Crippen LogP contribution in [0.5, 0.6) is 11.5 Å². The molecule has 0 aliphatic heterocycles. The average molecular weight is 383 g/mol. The number of phenolic OH excluding ortho intramolecular Hbond substituents is 1. The molecule has 0 radical (unpaired) electrons. The molecule has 2 rings (SSSR count). The van der Waals surface area contributed by atoms with E-state index in [4.69, 9.17) is 4.74 Å². The summed E-state index contributed by atoms with van der Waals surface area (Å²) >= 11 is 4.92. The van der Waals surface area contributed by atoms with Gasteiger partial charge in [-0.15, -0.1) is 0 Å². The second kappa shape index (κ2) is 11.9. The van der Waals surface area contributed by atoms with Crippen LogP contribution >= 0.6 is 24.6 Å². The maximum Gasteiger partial charge on any atom is 0.139 e. The quantitative estimate of drug-likeness (QED) is 0.274. The predicted octanol–water partition coefficient (Wildman–Crippen LogP) is 3.46. The van der Waals surface area contributed by atoms with Gasteiger partial charge in [0.15, 0.2) is 0 Å². The second-order valence-electron chi connectivity index (χ2n) is 5.08. The van der Waals surface area contributed by atoms with E-state index in [9.17, 15) is 10.2 Å². The highest BCUT2D eigenvalue weighted by Crippen LogP contribution is 2.28. The number of nitrogens with one attached hydrogen (secondary N) is 2. The Morgan fingerprint density at radius 2 is 1.84 bits per heavy atom. The van der Waals surface area contributed by atoms with Crippen molar-refractivity contribution in [2.24, 2.45) is 0 Å². The lowest BCUT2D eigenvalue weighted by Gasteiger charge is -2.14. The van der Waals surface area contributed by atoms with Gasteiger partial charge in [-0.3, -0.25) is 0 Å². The van der Waals surface area contributed by atoms with Crippen LogP contribution in [0.15, 0.2) is 42.5 Å². The number of phenols is 1. The Labute approximate surface area is 159 Å². The number of hydrogen-bond acceptors (Lipinski definition) is 7. The molecular weight excluding hydrogens is 356 g/mol. The molecule has 1 unspecified atom stereocenters. The molecule has 1 atom stereocenters. The van der Waals surface area contributed by atoms with Crippen molar-refractivity contribution >= 4 is 30.3 Å². The maximum atomic E-state index is 10.3. The van der Waals surface area contributed by atoms with Gasteiger partial charge in [0, 0.05) is 19.3 Å². The van der Waals surface area contributed by atoms with E-state index in [1.807, 2.05) is 30.5 Å². The summed E-state index contributed by atoms with van der Waals surface area (Å²) in [6.45, 7) is 1.09. The number of benzene rings is 2. The molecule has 4 N–H and O–H groups in total. The molecule has 0 saturated carbocycles. The predicted molar refractivity (Wildman–Crippen MR) is 110 cm³/mol. The van der Waals surface area contributed by atoms with Crippen LogP contribution < -0.4 is 14.8 Å². The largest absolute Gasteiger partial charge is 0.506 e. The molecule has 0 amide bonds. The van der Waals surface area contributed by atoms with Crippen molar-refractivity contribution in [2.75, 3.05) is 30.9 Å². The monoisotopic (exact) mass is 382 g/mol. The molecule has 0 fully saturated rings. The van der Waals surface area contributed by atoms with Crippen LogP contribution in [0.3, 0.4) is 0 Å². The maximum absolute atomic E-state index is 10.3. The number of aliphatic hydroxyl groups is 1. The molecule has 2 aromatic carbocycles. The zero-order valence-electron chi connectivity index (χ0n) is 14.7. The molecule has 0 heterocycles. The minimum Gasteiger partial charge on any atom is -0.506 e. The van der Waals surface area contributed by atoms with Gasteiger partial charge in [0.1, 0.15) is 11.5 Å². The summed E-state index contributed by atoms with van der Waals surface area (Å²) in [6, 6.07) is 12.9. The van der Waals surface area contributed by atoms with Crippen molar-refractivity contribution in [2.45, 2.75) is 12.6 Å². The zero-order valence-corrected chi connectivity index (χ0v) is 16.4. The van der Waals surface area contributed by atoms with Crippen molar-refractivity contribution in [1.29, 1.82) is 0 Å². The normalized spacial score (nSPS) is 11.2. The first-order valence-electron chi connectivity index (χ1n) is 7.72. The molecule has 5 nitrogen and oxygen atoms in total. The Hall–Kier alpha value is -1.54. The average Bonchev–Trinajstić information content (AvgIpc) is 2.66. The van der Waals surface area contributed by atoms with Crippen LogP contribution in [0, 0.1) is 0 Å². The number of aromatic hydroxyl groups is 1.